The quantitative estimate of drug-likeness (QED) is 0.420. The maximum Gasteiger partial charge on any atom is 0.254 e. The first-order valence-electron chi connectivity index (χ1n) is 11.3. The number of halogens is 4. The van der Waals surface area contributed by atoms with Gasteiger partial charge in [-0.1, -0.05) is 0 Å². The standard InChI is InChI=1S/C26H26F4N4O/c1-6-34-12-18-15(25(34)35)7-8-31-24(18)33-13(2)16-9-21(28)17(10-20(16)27)22-11-19(26(4,5)30)23(29)14(3)32-22/h7-11,13H,6,12H2,1-5H3,(H,31,33). The van der Waals surface area contributed by atoms with Crippen molar-refractivity contribution in [1.29, 1.82) is 0 Å². The number of aryl methyl sites for hydroxylation is 1. The summed E-state index contributed by atoms with van der Waals surface area (Å²) < 4.78 is 59.2. The molecule has 0 fully saturated rings. The summed E-state index contributed by atoms with van der Waals surface area (Å²) in [5.41, 5.74) is -1.41. The van der Waals surface area contributed by atoms with Gasteiger partial charge in [-0.3, -0.25) is 4.79 Å². The molecule has 0 radical (unpaired) electrons. The average Bonchev–Trinajstić information content (AvgIpc) is 3.12. The van der Waals surface area contributed by atoms with E-state index in [9.17, 15) is 13.6 Å². The Morgan fingerprint density at radius 1 is 1.14 bits per heavy atom. The van der Waals surface area contributed by atoms with Crippen LogP contribution in [0.2, 0.25) is 0 Å². The molecule has 5 nitrogen and oxygen atoms in total. The molecule has 184 valence electrons. The second kappa shape index (κ2) is 8.94. The molecule has 1 unspecified atom stereocenters. The Labute approximate surface area is 201 Å². The van der Waals surface area contributed by atoms with Gasteiger partial charge in [0.25, 0.3) is 5.91 Å². The zero-order chi connectivity index (χ0) is 25.7. The van der Waals surface area contributed by atoms with Crippen molar-refractivity contribution in [3.8, 4) is 11.3 Å². The first-order chi connectivity index (χ1) is 16.4. The number of rotatable bonds is 6. The van der Waals surface area contributed by atoms with E-state index in [1.807, 2.05) is 6.92 Å². The highest BCUT2D eigenvalue weighted by molar-refractivity contribution is 5.99. The molecular formula is C26H26F4N4O. The van der Waals surface area contributed by atoms with Crippen molar-refractivity contribution in [2.45, 2.75) is 52.9 Å². The molecule has 0 saturated heterocycles. The van der Waals surface area contributed by atoms with E-state index in [1.54, 1.807) is 17.9 Å². The fraction of sp³-hybridized carbons (Fsp3) is 0.346. The van der Waals surface area contributed by atoms with Crippen LogP contribution in [0.15, 0.2) is 30.5 Å². The van der Waals surface area contributed by atoms with Gasteiger partial charge in [0.05, 0.1) is 24.0 Å². The van der Waals surface area contributed by atoms with Gasteiger partial charge in [0.1, 0.15) is 23.1 Å². The maximum absolute atomic E-state index is 15.2. The van der Waals surface area contributed by atoms with E-state index in [-0.39, 0.29) is 34.0 Å². The number of hydrogen-bond donors (Lipinski definition) is 1. The minimum Gasteiger partial charge on any atom is -0.363 e. The van der Waals surface area contributed by atoms with Crippen molar-refractivity contribution >= 4 is 11.7 Å². The van der Waals surface area contributed by atoms with E-state index >= 15 is 8.78 Å². The lowest BCUT2D eigenvalue weighted by atomic mass is 9.96. The van der Waals surface area contributed by atoms with Crippen LogP contribution in [0.3, 0.4) is 0 Å². The van der Waals surface area contributed by atoms with E-state index in [0.29, 0.717) is 30.0 Å². The zero-order valence-electron chi connectivity index (χ0n) is 20.1. The predicted octanol–water partition coefficient (Wildman–Crippen LogP) is 6.22. The van der Waals surface area contributed by atoms with Crippen molar-refractivity contribution in [1.82, 2.24) is 14.9 Å². The zero-order valence-corrected chi connectivity index (χ0v) is 20.1. The fourth-order valence-electron chi connectivity index (χ4n) is 4.27. The number of nitrogens with one attached hydrogen (secondary N) is 1. The molecule has 2 aromatic heterocycles. The summed E-state index contributed by atoms with van der Waals surface area (Å²) >= 11 is 0. The number of benzene rings is 1. The summed E-state index contributed by atoms with van der Waals surface area (Å²) in [7, 11) is 0. The van der Waals surface area contributed by atoms with Crippen LogP contribution in [-0.4, -0.2) is 27.3 Å². The topological polar surface area (TPSA) is 58.1 Å². The summed E-state index contributed by atoms with van der Waals surface area (Å²) in [5.74, 6) is -1.99. The molecule has 1 aliphatic heterocycles. The van der Waals surface area contributed by atoms with Crippen molar-refractivity contribution in [3.05, 3.63) is 75.9 Å². The third-order valence-corrected chi connectivity index (χ3v) is 6.25. The second-order valence-electron chi connectivity index (χ2n) is 9.15. The van der Waals surface area contributed by atoms with E-state index in [0.717, 1.165) is 18.2 Å². The molecule has 1 atom stereocenters. The van der Waals surface area contributed by atoms with Gasteiger partial charge in [-0.05, 0) is 58.9 Å². The van der Waals surface area contributed by atoms with E-state index < -0.39 is 29.2 Å². The summed E-state index contributed by atoms with van der Waals surface area (Å²) in [4.78, 5) is 22.4. The Balaban J connectivity index is 1.68. The van der Waals surface area contributed by atoms with Crippen LogP contribution in [-0.2, 0) is 12.2 Å². The van der Waals surface area contributed by atoms with Crippen molar-refractivity contribution in [2.75, 3.05) is 11.9 Å². The molecule has 9 heteroatoms. The van der Waals surface area contributed by atoms with Gasteiger partial charge in [-0.2, -0.15) is 0 Å². The number of pyridine rings is 2. The van der Waals surface area contributed by atoms with Gasteiger partial charge in [0, 0.05) is 40.6 Å². The maximum atomic E-state index is 15.2. The van der Waals surface area contributed by atoms with Crippen LogP contribution in [0, 0.1) is 24.4 Å². The number of amides is 1. The van der Waals surface area contributed by atoms with Gasteiger partial charge in [0.2, 0.25) is 0 Å². The second-order valence-corrected chi connectivity index (χ2v) is 9.15. The molecule has 3 aromatic rings. The number of fused-ring (bicyclic) bond motifs is 1. The first kappa shape index (κ1) is 24.6. The highest BCUT2D eigenvalue weighted by Crippen LogP contribution is 2.35. The van der Waals surface area contributed by atoms with E-state index in [2.05, 4.69) is 15.3 Å². The Hall–Kier alpha value is -3.49. The number of alkyl halides is 1. The van der Waals surface area contributed by atoms with Crippen molar-refractivity contribution in [3.63, 3.8) is 0 Å². The Morgan fingerprint density at radius 3 is 2.51 bits per heavy atom. The van der Waals surface area contributed by atoms with Crippen molar-refractivity contribution in [2.24, 2.45) is 0 Å². The minimum atomic E-state index is -2.03. The fourth-order valence-corrected chi connectivity index (χ4v) is 4.27. The smallest absolute Gasteiger partial charge is 0.254 e. The molecule has 0 saturated carbocycles. The minimum absolute atomic E-state index is 0.0344. The van der Waals surface area contributed by atoms with Crippen LogP contribution >= 0.6 is 0 Å². The predicted molar refractivity (Wildman–Crippen MR) is 125 cm³/mol. The lowest BCUT2D eigenvalue weighted by Crippen LogP contribution is -2.22. The Kier molecular flexibility index (Phi) is 6.29. The molecule has 1 aromatic carbocycles. The van der Waals surface area contributed by atoms with Gasteiger partial charge in [-0.25, -0.2) is 27.5 Å². The molecule has 1 aliphatic rings. The number of hydrogen-bond acceptors (Lipinski definition) is 4. The summed E-state index contributed by atoms with van der Waals surface area (Å²) in [5, 5.41) is 3.09. The third-order valence-electron chi connectivity index (χ3n) is 6.25. The van der Waals surface area contributed by atoms with Gasteiger partial charge < -0.3 is 10.2 Å². The molecule has 1 N–H and O–H groups in total. The molecule has 4 rings (SSSR count). The number of carbonyl (C=O) groups is 1. The van der Waals surface area contributed by atoms with Crippen LogP contribution in [0.1, 0.15) is 66.5 Å². The largest absolute Gasteiger partial charge is 0.363 e. The number of anilines is 1. The van der Waals surface area contributed by atoms with Gasteiger partial charge >= 0.3 is 0 Å². The molecule has 35 heavy (non-hydrogen) atoms. The van der Waals surface area contributed by atoms with Crippen molar-refractivity contribution < 1.29 is 22.4 Å². The molecule has 0 bridgehead atoms. The van der Waals surface area contributed by atoms with E-state index in [1.165, 1.54) is 27.0 Å². The highest BCUT2D eigenvalue weighted by Gasteiger charge is 2.30. The molecule has 0 aliphatic carbocycles. The summed E-state index contributed by atoms with van der Waals surface area (Å²) in [6.07, 6.45) is 1.50. The van der Waals surface area contributed by atoms with Crippen LogP contribution in [0.25, 0.3) is 11.3 Å². The molecular weight excluding hydrogens is 460 g/mol. The van der Waals surface area contributed by atoms with Crippen LogP contribution < -0.4 is 5.32 Å². The summed E-state index contributed by atoms with van der Waals surface area (Å²) in [6.45, 7) is 8.17. The highest BCUT2D eigenvalue weighted by atomic mass is 19.2. The lowest BCUT2D eigenvalue weighted by Gasteiger charge is -2.20. The monoisotopic (exact) mass is 486 g/mol. The van der Waals surface area contributed by atoms with Gasteiger partial charge in [-0.15, -0.1) is 0 Å². The number of carbonyl (C=O) groups excluding carboxylic acids is 1. The number of aromatic nitrogens is 2. The van der Waals surface area contributed by atoms with Gasteiger partial charge in [0.15, 0.2) is 5.82 Å². The Morgan fingerprint density at radius 2 is 1.86 bits per heavy atom. The molecule has 0 spiro atoms. The Bertz CT molecular complexity index is 1320. The summed E-state index contributed by atoms with van der Waals surface area (Å²) in [6, 6.07) is 4.07. The van der Waals surface area contributed by atoms with Crippen LogP contribution in [0.4, 0.5) is 23.4 Å². The first-order valence-corrected chi connectivity index (χ1v) is 11.3. The normalized spacial score (nSPS) is 14.3. The van der Waals surface area contributed by atoms with Crippen LogP contribution in [0.5, 0.6) is 0 Å². The molecule has 3 heterocycles. The van der Waals surface area contributed by atoms with E-state index in [4.69, 9.17) is 0 Å². The SMILES string of the molecule is CCN1Cc2c(ccnc2NC(C)c2cc(F)c(-c3cc(C(C)(C)F)c(F)c(C)n3)cc2F)C1=O. The molecule has 1 amide bonds. The lowest BCUT2D eigenvalue weighted by molar-refractivity contribution is 0.0787. The number of nitrogens with zero attached hydrogens (tertiary/aromatic N) is 3. The third kappa shape index (κ3) is 4.47. The average molecular weight is 487 g/mol.